The van der Waals surface area contributed by atoms with Crippen LogP contribution in [0.25, 0.3) is 0 Å². The van der Waals surface area contributed by atoms with Gasteiger partial charge in [-0.1, -0.05) is 0 Å². The molecule has 0 N–H and O–H groups in total. The Morgan fingerprint density at radius 3 is 2.70 bits per heavy atom. The van der Waals surface area contributed by atoms with Gasteiger partial charge in [0.2, 0.25) is 0 Å². The summed E-state index contributed by atoms with van der Waals surface area (Å²) < 4.78 is 0. The van der Waals surface area contributed by atoms with Crippen LogP contribution in [-0.2, 0) is 0 Å². The minimum atomic E-state index is 0.880. The van der Waals surface area contributed by atoms with E-state index in [9.17, 15) is 0 Å². The molecule has 2 saturated heterocycles. The predicted octanol–water partition coefficient (Wildman–Crippen LogP) is 0.252. The summed E-state index contributed by atoms with van der Waals surface area (Å²) in [6.45, 7) is 3.94. The smallest absolute Gasteiger partial charge is 0.0260 e. The number of likely N-dealkylation sites (N-methyl/N-ethyl adjacent to an activating group) is 2. The van der Waals surface area contributed by atoms with Crippen LogP contribution in [0.1, 0.15) is 6.42 Å². The number of fused-ring (bicyclic) bond motifs is 1. The molecule has 2 aliphatic rings. The quantitative estimate of drug-likeness (QED) is 0.476. The third kappa shape index (κ3) is 0.867. The van der Waals surface area contributed by atoms with Crippen molar-refractivity contribution >= 4 is 0 Å². The highest BCUT2D eigenvalue weighted by Gasteiger charge is 2.37. The lowest BCUT2D eigenvalue weighted by Gasteiger charge is -2.17. The summed E-state index contributed by atoms with van der Waals surface area (Å²) in [6.07, 6.45) is 1.42. The third-order valence-corrected chi connectivity index (χ3v) is 3.01. The minimum absolute atomic E-state index is 0.880. The third-order valence-electron chi connectivity index (χ3n) is 3.01. The van der Waals surface area contributed by atoms with Crippen molar-refractivity contribution in [1.82, 2.24) is 9.80 Å². The molecule has 0 saturated carbocycles. The SMILES string of the molecule is CN1CC2[C@@H](CCN2C)C1. The van der Waals surface area contributed by atoms with E-state index in [2.05, 4.69) is 23.9 Å². The van der Waals surface area contributed by atoms with Crippen molar-refractivity contribution in [1.29, 1.82) is 0 Å². The van der Waals surface area contributed by atoms with Crippen LogP contribution in [0.3, 0.4) is 0 Å². The Morgan fingerprint density at radius 1 is 1.20 bits per heavy atom. The van der Waals surface area contributed by atoms with Gasteiger partial charge in [-0.25, -0.2) is 0 Å². The average Bonchev–Trinajstić information content (AvgIpc) is 2.35. The highest BCUT2D eigenvalue weighted by molar-refractivity contribution is 4.93. The van der Waals surface area contributed by atoms with Crippen LogP contribution in [0.5, 0.6) is 0 Å². The Kier molecular flexibility index (Phi) is 1.46. The maximum absolute atomic E-state index is 2.51. The fourth-order valence-electron chi connectivity index (χ4n) is 2.38. The largest absolute Gasteiger partial charge is 0.304 e. The first-order chi connectivity index (χ1) is 4.77. The molecule has 2 heterocycles. The van der Waals surface area contributed by atoms with Gasteiger partial charge in [-0.15, -0.1) is 0 Å². The van der Waals surface area contributed by atoms with Gasteiger partial charge < -0.3 is 9.80 Å². The monoisotopic (exact) mass is 140 g/mol. The Labute approximate surface area is 62.8 Å². The van der Waals surface area contributed by atoms with E-state index < -0.39 is 0 Å². The highest BCUT2D eigenvalue weighted by atomic mass is 15.3. The van der Waals surface area contributed by atoms with Gasteiger partial charge >= 0.3 is 0 Å². The molecule has 0 aromatic carbocycles. The maximum atomic E-state index is 2.51. The number of rotatable bonds is 0. The first kappa shape index (κ1) is 6.62. The summed E-state index contributed by atoms with van der Waals surface area (Å²) in [5.74, 6) is 0.981. The molecule has 0 radical (unpaired) electrons. The minimum Gasteiger partial charge on any atom is -0.304 e. The van der Waals surface area contributed by atoms with Crippen molar-refractivity contribution in [2.75, 3.05) is 33.7 Å². The molecular weight excluding hydrogens is 124 g/mol. The second kappa shape index (κ2) is 2.21. The van der Waals surface area contributed by atoms with Crippen LogP contribution < -0.4 is 0 Å². The topological polar surface area (TPSA) is 6.48 Å². The van der Waals surface area contributed by atoms with Crippen LogP contribution in [0.15, 0.2) is 0 Å². The van der Waals surface area contributed by atoms with Crippen molar-refractivity contribution < 1.29 is 0 Å². The Hall–Kier alpha value is -0.0800. The number of likely N-dealkylation sites (tertiary alicyclic amines) is 2. The van der Waals surface area contributed by atoms with Gasteiger partial charge in [-0.3, -0.25) is 0 Å². The zero-order valence-electron chi connectivity index (χ0n) is 6.88. The zero-order valence-corrected chi connectivity index (χ0v) is 6.88. The van der Waals surface area contributed by atoms with Crippen molar-refractivity contribution in [2.45, 2.75) is 12.5 Å². The molecule has 2 heteroatoms. The lowest BCUT2D eigenvalue weighted by Crippen LogP contribution is -2.30. The van der Waals surface area contributed by atoms with E-state index in [0.29, 0.717) is 0 Å². The fraction of sp³-hybridized carbons (Fsp3) is 1.00. The molecule has 2 atom stereocenters. The lowest BCUT2D eigenvalue weighted by molar-refractivity contribution is 0.282. The van der Waals surface area contributed by atoms with Crippen LogP contribution in [0, 0.1) is 5.92 Å². The number of hydrogen-bond acceptors (Lipinski definition) is 2. The highest BCUT2D eigenvalue weighted by Crippen LogP contribution is 2.28. The normalized spacial score (nSPS) is 42.6. The van der Waals surface area contributed by atoms with Crippen molar-refractivity contribution in [3.05, 3.63) is 0 Å². The summed E-state index contributed by atoms with van der Waals surface area (Å²) in [5.41, 5.74) is 0. The summed E-state index contributed by atoms with van der Waals surface area (Å²) >= 11 is 0. The second-order valence-electron chi connectivity index (χ2n) is 3.82. The van der Waals surface area contributed by atoms with Crippen LogP contribution in [0.2, 0.25) is 0 Å². The molecule has 0 aliphatic carbocycles. The molecule has 0 aromatic heterocycles. The molecular formula is C8H16N2. The van der Waals surface area contributed by atoms with E-state index in [1.807, 2.05) is 0 Å². The van der Waals surface area contributed by atoms with Gasteiger partial charge in [0.15, 0.2) is 0 Å². The number of nitrogens with zero attached hydrogens (tertiary/aromatic N) is 2. The van der Waals surface area contributed by atoms with E-state index in [4.69, 9.17) is 0 Å². The molecule has 58 valence electrons. The van der Waals surface area contributed by atoms with Gasteiger partial charge in [0, 0.05) is 19.1 Å². The van der Waals surface area contributed by atoms with Crippen LogP contribution in [0.4, 0.5) is 0 Å². The van der Waals surface area contributed by atoms with Crippen molar-refractivity contribution in [3.8, 4) is 0 Å². The van der Waals surface area contributed by atoms with E-state index >= 15 is 0 Å². The van der Waals surface area contributed by atoms with Gasteiger partial charge in [0.05, 0.1) is 0 Å². The molecule has 2 aliphatic heterocycles. The molecule has 2 rings (SSSR count). The molecule has 0 amide bonds. The van der Waals surface area contributed by atoms with Crippen LogP contribution in [-0.4, -0.2) is 49.6 Å². The summed E-state index contributed by atoms with van der Waals surface area (Å²) in [4.78, 5) is 4.96. The molecule has 0 bridgehead atoms. The average molecular weight is 140 g/mol. The predicted molar refractivity (Wildman–Crippen MR) is 42.0 cm³/mol. The fourth-order valence-corrected chi connectivity index (χ4v) is 2.38. The molecule has 10 heavy (non-hydrogen) atoms. The summed E-state index contributed by atoms with van der Waals surface area (Å²) in [5, 5.41) is 0. The van der Waals surface area contributed by atoms with Gasteiger partial charge in [0.1, 0.15) is 0 Å². The van der Waals surface area contributed by atoms with E-state index in [-0.39, 0.29) is 0 Å². The maximum Gasteiger partial charge on any atom is 0.0260 e. The standard InChI is InChI=1S/C8H16N2/c1-9-5-7-3-4-10(2)8(7)6-9/h7-8H,3-6H2,1-2H3/t7-,8?/m0/s1. The molecule has 1 unspecified atom stereocenters. The Morgan fingerprint density at radius 2 is 2.00 bits per heavy atom. The van der Waals surface area contributed by atoms with Gasteiger partial charge in [-0.2, -0.15) is 0 Å². The van der Waals surface area contributed by atoms with Crippen molar-refractivity contribution in [2.24, 2.45) is 5.92 Å². The Balaban J connectivity index is 2.05. The molecule has 0 aromatic rings. The second-order valence-corrected chi connectivity index (χ2v) is 3.82. The van der Waals surface area contributed by atoms with Crippen LogP contribution >= 0.6 is 0 Å². The molecule has 2 fully saturated rings. The van der Waals surface area contributed by atoms with Gasteiger partial charge in [0.25, 0.3) is 0 Å². The van der Waals surface area contributed by atoms with E-state index in [0.717, 1.165) is 12.0 Å². The zero-order chi connectivity index (χ0) is 7.14. The summed E-state index contributed by atoms with van der Waals surface area (Å²) in [6, 6.07) is 0.880. The van der Waals surface area contributed by atoms with E-state index in [1.54, 1.807) is 0 Å². The number of hydrogen-bond donors (Lipinski definition) is 0. The summed E-state index contributed by atoms with van der Waals surface area (Å²) in [7, 11) is 4.48. The molecule has 0 spiro atoms. The van der Waals surface area contributed by atoms with E-state index in [1.165, 1.54) is 26.1 Å². The Bertz CT molecular complexity index is 135. The first-order valence-corrected chi connectivity index (χ1v) is 4.16. The molecule has 2 nitrogen and oxygen atoms in total. The first-order valence-electron chi connectivity index (χ1n) is 4.16. The lowest BCUT2D eigenvalue weighted by atomic mass is 10.1. The van der Waals surface area contributed by atoms with Crippen molar-refractivity contribution in [3.63, 3.8) is 0 Å². The van der Waals surface area contributed by atoms with Gasteiger partial charge in [-0.05, 0) is 33.0 Å².